The average molecular weight is 213 g/mol. The molecule has 88 valence electrons. The highest BCUT2D eigenvalue weighted by atomic mass is 16.2. The van der Waals surface area contributed by atoms with Crippen LogP contribution in [-0.2, 0) is 4.79 Å². The number of carbonyl (C=O) groups excluding carboxylic acids is 1. The van der Waals surface area contributed by atoms with Gasteiger partial charge in [-0.2, -0.15) is 0 Å². The Bertz CT molecular complexity index is 204. The second-order valence-corrected chi connectivity index (χ2v) is 4.10. The minimum Gasteiger partial charge on any atom is -0.340 e. The molecule has 2 N–H and O–H groups in total. The maximum atomic E-state index is 11.7. The molecule has 15 heavy (non-hydrogen) atoms. The summed E-state index contributed by atoms with van der Waals surface area (Å²) in [5.74, 6) is 0.133. The van der Waals surface area contributed by atoms with Gasteiger partial charge in [-0.1, -0.05) is 13.8 Å². The molecule has 1 amide bonds. The van der Waals surface area contributed by atoms with Crippen molar-refractivity contribution in [2.45, 2.75) is 32.7 Å². The third kappa shape index (κ3) is 3.47. The lowest BCUT2D eigenvalue weighted by atomic mass is 10.1. The summed E-state index contributed by atoms with van der Waals surface area (Å²) in [7, 11) is 0. The number of nitrogens with two attached hydrogens (primary N) is 1. The van der Waals surface area contributed by atoms with E-state index in [9.17, 15) is 4.79 Å². The second kappa shape index (κ2) is 6.08. The van der Waals surface area contributed by atoms with Crippen LogP contribution in [0.2, 0.25) is 0 Å². The van der Waals surface area contributed by atoms with Crippen molar-refractivity contribution in [1.29, 1.82) is 0 Å². The highest BCUT2D eigenvalue weighted by Crippen LogP contribution is 2.09. The largest absolute Gasteiger partial charge is 0.340 e. The van der Waals surface area contributed by atoms with Crippen LogP contribution in [0.5, 0.6) is 0 Å². The van der Waals surface area contributed by atoms with Crippen molar-refractivity contribution in [1.82, 2.24) is 9.80 Å². The Labute approximate surface area is 92.4 Å². The molecule has 1 fully saturated rings. The summed E-state index contributed by atoms with van der Waals surface area (Å²) >= 11 is 0. The highest BCUT2D eigenvalue weighted by Gasteiger charge is 2.25. The summed E-state index contributed by atoms with van der Waals surface area (Å²) in [6, 6.07) is -0.254. The van der Waals surface area contributed by atoms with Crippen molar-refractivity contribution in [3.8, 4) is 0 Å². The number of likely N-dealkylation sites (tertiary alicyclic amines) is 1. The van der Waals surface area contributed by atoms with Crippen molar-refractivity contribution in [3.63, 3.8) is 0 Å². The zero-order valence-electron chi connectivity index (χ0n) is 9.91. The molecule has 1 rings (SSSR count). The van der Waals surface area contributed by atoms with E-state index in [0.29, 0.717) is 0 Å². The number of likely N-dealkylation sites (N-methyl/N-ethyl adjacent to an activating group) is 1. The van der Waals surface area contributed by atoms with Crippen LogP contribution >= 0.6 is 0 Å². The van der Waals surface area contributed by atoms with E-state index in [1.54, 1.807) is 0 Å². The summed E-state index contributed by atoms with van der Waals surface area (Å²) in [5, 5.41) is 0. The first kappa shape index (κ1) is 12.5. The minimum absolute atomic E-state index is 0.133. The fourth-order valence-electron chi connectivity index (χ4n) is 1.99. The van der Waals surface area contributed by atoms with Crippen LogP contribution in [0, 0.1) is 0 Å². The molecule has 0 radical (unpaired) electrons. The van der Waals surface area contributed by atoms with E-state index in [2.05, 4.69) is 18.7 Å². The van der Waals surface area contributed by atoms with Gasteiger partial charge in [0.2, 0.25) is 5.91 Å². The number of hydrogen-bond donors (Lipinski definition) is 1. The van der Waals surface area contributed by atoms with E-state index in [0.717, 1.165) is 45.6 Å². The van der Waals surface area contributed by atoms with Crippen LogP contribution in [-0.4, -0.2) is 54.5 Å². The number of carbonyl (C=O) groups is 1. The number of piperidine rings is 1. The zero-order chi connectivity index (χ0) is 11.3. The van der Waals surface area contributed by atoms with Crippen LogP contribution in [0.15, 0.2) is 0 Å². The van der Waals surface area contributed by atoms with Crippen LogP contribution in [0.3, 0.4) is 0 Å². The van der Waals surface area contributed by atoms with Crippen LogP contribution in [0.1, 0.15) is 26.7 Å². The van der Waals surface area contributed by atoms with Crippen molar-refractivity contribution >= 4 is 5.91 Å². The molecule has 0 aromatic rings. The van der Waals surface area contributed by atoms with Crippen LogP contribution in [0.25, 0.3) is 0 Å². The Balaban J connectivity index is 2.34. The predicted molar refractivity (Wildman–Crippen MR) is 61.6 cm³/mol. The standard InChI is InChI=1S/C11H23N3O/c1-3-13(4-2)8-9-14-7-5-6-10(12)11(14)15/h10H,3-9,12H2,1-2H3/t10-/m0/s1. The van der Waals surface area contributed by atoms with Gasteiger partial charge in [0.15, 0.2) is 0 Å². The summed E-state index contributed by atoms with van der Waals surface area (Å²) in [6.07, 6.45) is 1.89. The molecule has 1 heterocycles. The molecule has 1 aliphatic rings. The summed E-state index contributed by atoms with van der Waals surface area (Å²) in [4.78, 5) is 15.9. The van der Waals surface area contributed by atoms with Gasteiger partial charge in [-0.05, 0) is 25.9 Å². The molecule has 0 aromatic heterocycles. The number of amides is 1. The lowest BCUT2D eigenvalue weighted by molar-refractivity contribution is -0.135. The molecule has 0 aliphatic carbocycles. The lowest BCUT2D eigenvalue weighted by Gasteiger charge is -2.32. The Kier molecular flexibility index (Phi) is 5.05. The van der Waals surface area contributed by atoms with Gasteiger partial charge in [-0.25, -0.2) is 0 Å². The molecular weight excluding hydrogens is 190 g/mol. The Morgan fingerprint density at radius 1 is 1.47 bits per heavy atom. The number of nitrogens with zero attached hydrogens (tertiary/aromatic N) is 2. The number of rotatable bonds is 5. The normalized spacial score (nSPS) is 22.5. The van der Waals surface area contributed by atoms with Gasteiger partial charge in [0.1, 0.15) is 0 Å². The lowest BCUT2D eigenvalue weighted by Crippen LogP contribution is -2.50. The minimum atomic E-state index is -0.254. The molecule has 4 heteroatoms. The molecule has 0 saturated carbocycles. The van der Waals surface area contributed by atoms with E-state index in [-0.39, 0.29) is 11.9 Å². The average Bonchev–Trinajstić information content (AvgIpc) is 2.25. The smallest absolute Gasteiger partial charge is 0.239 e. The van der Waals surface area contributed by atoms with Gasteiger partial charge in [0, 0.05) is 19.6 Å². The molecule has 1 saturated heterocycles. The first-order valence-electron chi connectivity index (χ1n) is 5.95. The van der Waals surface area contributed by atoms with Gasteiger partial charge in [-0.3, -0.25) is 4.79 Å². The third-order valence-corrected chi connectivity index (χ3v) is 3.15. The van der Waals surface area contributed by atoms with E-state index in [1.165, 1.54) is 0 Å². The SMILES string of the molecule is CCN(CC)CCN1CCC[C@H](N)C1=O. The summed E-state index contributed by atoms with van der Waals surface area (Å²) in [6.45, 7) is 9.06. The first-order chi connectivity index (χ1) is 7.19. The fourth-order valence-corrected chi connectivity index (χ4v) is 1.99. The molecular formula is C11H23N3O. The predicted octanol–water partition coefficient (Wildman–Crippen LogP) is 0.278. The highest BCUT2D eigenvalue weighted by molar-refractivity contribution is 5.82. The summed E-state index contributed by atoms with van der Waals surface area (Å²) in [5.41, 5.74) is 5.74. The Hall–Kier alpha value is -0.610. The van der Waals surface area contributed by atoms with Crippen molar-refractivity contribution in [2.24, 2.45) is 5.73 Å². The second-order valence-electron chi connectivity index (χ2n) is 4.10. The monoisotopic (exact) mass is 213 g/mol. The summed E-state index contributed by atoms with van der Waals surface area (Å²) < 4.78 is 0. The zero-order valence-corrected chi connectivity index (χ0v) is 9.91. The Morgan fingerprint density at radius 2 is 2.13 bits per heavy atom. The molecule has 0 aromatic carbocycles. The maximum absolute atomic E-state index is 11.7. The van der Waals surface area contributed by atoms with Gasteiger partial charge in [0.05, 0.1) is 6.04 Å². The van der Waals surface area contributed by atoms with E-state index in [4.69, 9.17) is 5.73 Å². The fraction of sp³-hybridized carbons (Fsp3) is 0.909. The third-order valence-electron chi connectivity index (χ3n) is 3.15. The maximum Gasteiger partial charge on any atom is 0.239 e. The van der Waals surface area contributed by atoms with Gasteiger partial charge < -0.3 is 15.5 Å². The molecule has 1 atom stereocenters. The Morgan fingerprint density at radius 3 is 2.73 bits per heavy atom. The molecule has 0 unspecified atom stereocenters. The van der Waals surface area contributed by atoms with E-state index < -0.39 is 0 Å². The van der Waals surface area contributed by atoms with Gasteiger partial charge in [-0.15, -0.1) is 0 Å². The molecule has 0 bridgehead atoms. The molecule has 1 aliphatic heterocycles. The van der Waals surface area contributed by atoms with Crippen molar-refractivity contribution in [3.05, 3.63) is 0 Å². The number of hydrogen-bond acceptors (Lipinski definition) is 3. The quantitative estimate of drug-likeness (QED) is 0.713. The van der Waals surface area contributed by atoms with Gasteiger partial charge >= 0.3 is 0 Å². The van der Waals surface area contributed by atoms with E-state index >= 15 is 0 Å². The van der Waals surface area contributed by atoms with E-state index in [1.807, 2.05) is 4.90 Å². The van der Waals surface area contributed by atoms with Gasteiger partial charge in [0.25, 0.3) is 0 Å². The first-order valence-corrected chi connectivity index (χ1v) is 5.95. The van der Waals surface area contributed by atoms with Crippen LogP contribution in [0.4, 0.5) is 0 Å². The van der Waals surface area contributed by atoms with Crippen molar-refractivity contribution < 1.29 is 4.79 Å². The van der Waals surface area contributed by atoms with Crippen molar-refractivity contribution in [2.75, 3.05) is 32.7 Å². The van der Waals surface area contributed by atoms with Crippen LogP contribution < -0.4 is 5.73 Å². The topological polar surface area (TPSA) is 49.6 Å². The molecule has 4 nitrogen and oxygen atoms in total. The molecule has 0 spiro atoms.